The molecule has 0 fully saturated rings. The molecule has 1 rings (SSSR count). The minimum atomic E-state index is -2.86. The Morgan fingerprint density at radius 1 is 1.60 bits per heavy atom. The van der Waals surface area contributed by atoms with Gasteiger partial charge in [-0.25, -0.2) is 8.42 Å². The summed E-state index contributed by atoms with van der Waals surface area (Å²) in [6, 6.07) is 4.02. The fourth-order valence-electron chi connectivity index (χ4n) is 1.08. The van der Waals surface area contributed by atoms with Crippen molar-refractivity contribution in [2.24, 2.45) is 5.73 Å². The van der Waals surface area contributed by atoms with Crippen molar-refractivity contribution >= 4 is 32.9 Å². The summed E-state index contributed by atoms with van der Waals surface area (Å²) >= 11 is 3.28. The molecule has 0 saturated heterocycles. The Balaban J connectivity index is 2.42. The number of hydrogen-bond acceptors (Lipinski definition) is 5. The summed E-state index contributed by atoms with van der Waals surface area (Å²) in [7, 11) is -2.86. The second-order valence-electron chi connectivity index (χ2n) is 3.24. The topological polar surface area (TPSA) is 60.2 Å². The van der Waals surface area contributed by atoms with Crippen molar-refractivity contribution < 1.29 is 8.42 Å². The van der Waals surface area contributed by atoms with Crippen LogP contribution in [-0.2, 0) is 9.84 Å². The van der Waals surface area contributed by atoms with Crippen molar-refractivity contribution in [1.82, 2.24) is 0 Å². The molecule has 6 heteroatoms. The summed E-state index contributed by atoms with van der Waals surface area (Å²) in [5.74, 6) is 0.831. The molecule has 1 atom stereocenters. The normalized spacial score (nSPS) is 14.0. The van der Waals surface area contributed by atoms with Gasteiger partial charge >= 0.3 is 0 Å². The maximum absolute atomic E-state index is 10.9. The van der Waals surface area contributed by atoms with Gasteiger partial charge in [-0.15, -0.1) is 11.3 Å². The van der Waals surface area contributed by atoms with Gasteiger partial charge in [0.05, 0.1) is 11.0 Å². The lowest BCUT2D eigenvalue weighted by atomic mass is 10.3. The van der Waals surface area contributed by atoms with Crippen LogP contribution in [0.4, 0.5) is 0 Å². The molecule has 0 aliphatic carbocycles. The zero-order valence-electron chi connectivity index (χ0n) is 8.55. The molecule has 0 bridgehead atoms. The second kappa shape index (κ2) is 5.89. The van der Waals surface area contributed by atoms with E-state index < -0.39 is 9.84 Å². The van der Waals surface area contributed by atoms with Gasteiger partial charge in [-0.05, 0) is 11.4 Å². The van der Waals surface area contributed by atoms with E-state index in [9.17, 15) is 8.42 Å². The van der Waals surface area contributed by atoms with E-state index in [-0.39, 0.29) is 11.0 Å². The Bertz CT molecular complexity index is 372. The number of thioether (sulfide) groups is 1. The molecule has 0 aromatic carbocycles. The first-order chi connectivity index (χ1) is 7.03. The first-order valence-corrected chi connectivity index (χ1v) is 8.54. The maximum Gasteiger partial charge on any atom is 0.148 e. The molecule has 1 aromatic heterocycles. The fraction of sp³-hybridized carbons (Fsp3) is 0.556. The van der Waals surface area contributed by atoms with Gasteiger partial charge in [-0.2, -0.15) is 11.8 Å². The summed E-state index contributed by atoms with van der Waals surface area (Å²) in [6.07, 6.45) is 1.26. The van der Waals surface area contributed by atoms with Crippen LogP contribution >= 0.6 is 23.1 Å². The lowest BCUT2D eigenvalue weighted by Crippen LogP contribution is -2.11. The largest absolute Gasteiger partial charge is 0.329 e. The average Bonchev–Trinajstić information content (AvgIpc) is 2.63. The number of sulfone groups is 1. The maximum atomic E-state index is 10.9. The lowest BCUT2D eigenvalue weighted by molar-refractivity contribution is 0.603. The van der Waals surface area contributed by atoms with E-state index in [2.05, 4.69) is 0 Å². The van der Waals surface area contributed by atoms with Crippen molar-refractivity contribution in [2.45, 2.75) is 5.25 Å². The van der Waals surface area contributed by atoms with Crippen molar-refractivity contribution in [3.8, 4) is 0 Å². The molecule has 1 unspecified atom stereocenters. The highest BCUT2D eigenvalue weighted by Crippen LogP contribution is 2.30. The third-order valence-electron chi connectivity index (χ3n) is 1.85. The highest BCUT2D eigenvalue weighted by Gasteiger charge is 2.12. The SMILES string of the molecule is CS(=O)(=O)CCSC(CN)c1cccs1. The van der Waals surface area contributed by atoms with Gasteiger partial charge in [0.1, 0.15) is 9.84 Å². The quantitative estimate of drug-likeness (QED) is 0.847. The molecule has 0 spiro atoms. The highest BCUT2D eigenvalue weighted by molar-refractivity contribution is 8.00. The van der Waals surface area contributed by atoms with Crippen molar-refractivity contribution in [1.29, 1.82) is 0 Å². The molecule has 86 valence electrons. The highest BCUT2D eigenvalue weighted by atomic mass is 32.2. The fourth-order valence-corrected chi connectivity index (χ4v) is 4.43. The van der Waals surface area contributed by atoms with Crippen LogP contribution in [0.25, 0.3) is 0 Å². The van der Waals surface area contributed by atoms with Gasteiger partial charge in [0, 0.05) is 23.4 Å². The molecule has 15 heavy (non-hydrogen) atoms. The van der Waals surface area contributed by atoms with Gasteiger partial charge in [-0.1, -0.05) is 6.07 Å². The third-order valence-corrected chi connectivity index (χ3v) is 5.48. The first kappa shape index (κ1) is 13.0. The Hall–Kier alpha value is -0.0400. The van der Waals surface area contributed by atoms with E-state index in [1.54, 1.807) is 23.1 Å². The van der Waals surface area contributed by atoms with E-state index in [1.807, 2.05) is 17.5 Å². The minimum Gasteiger partial charge on any atom is -0.329 e. The number of thiophene rings is 1. The Labute approximate surface area is 99.0 Å². The Kier molecular flexibility index (Phi) is 5.11. The lowest BCUT2D eigenvalue weighted by Gasteiger charge is -2.11. The van der Waals surface area contributed by atoms with E-state index in [1.165, 1.54) is 11.1 Å². The predicted octanol–water partition coefficient (Wildman–Crippen LogP) is 1.53. The standard InChI is InChI=1S/C9H15NO2S3/c1-15(11,12)6-5-14-9(7-10)8-3-2-4-13-8/h2-4,9H,5-7,10H2,1H3. The van der Waals surface area contributed by atoms with Crippen LogP contribution in [-0.4, -0.2) is 32.7 Å². The van der Waals surface area contributed by atoms with Crippen molar-refractivity contribution in [3.63, 3.8) is 0 Å². The van der Waals surface area contributed by atoms with E-state index in [0.717, 1.165) is 0 Å². The molecular weight excluding hydrogens is 250 g/mol. The molecule has 0 aliphatic rings. The molecule has 0 saturated carbocycles. The third kappa shape index (κ3) is 5.01. The minimum absolute atomic E-state index is 0.222. The average molecular weight is 265 g/mol. The van der Waals surface area contributed by atoms with Crippen LogP contribution in [0.1, 0.15) is 10.1 Å². The van der Waals surface area contributed by atoms with Gasteiger partial charge in [-0.3, -0.25) is 0 Å². The molecule has 1 aromatic rings. The van der Waals surface area contributed by atoms with Crippen LogP contribution in [0, 0.1) is 0 Å². The Morgan fingerprint density at radius 3 is 2.80 bits per heavy atom. The van der Waals surface area contributed by atoms with Crippen LogP contribution in [0.5, 0.6) is 0 Å². The van der Waals surface area contributed by atoms with Gasteiger partial charge < -0.3 is 5.73 Å². The molecule has 3 nitrogen and oxygen atoms in total. The van der Waals surface area contributed by atoms with Gasteiger partial charge in [0.2, 0.25) is 0 Å². The summed E-state index contributed by atoms with van der Waals surface area (Å²) in [5.41, 5.74) is 5.65. The van der Waals surface area contributed by atoms with Crippen LogP contribution < -0.4 is 5.73 Å². The molecule has 0 amide bonds. The number of rotatable bonds is 6. The molecule has 0 aliphatic heterocycles. The predicted molar refractivity (Wildman–Crippen MR) is 68.3 cm³/mol. The van der Waals surface area contributed by atoms with Crippen LogP contribution in [0.15, 0.2) is 17.5 Å². The molecule has 2 N–H and O–H groups in total. The van der Waals surface area contributed by atoms with Gasteiger partial charge in [0.25, 0.3) is 0 Å². The zero-order chi connectivity index (χ0) is 11.3. The molecule has 1 heterocycles. The summed E-state index contributed by atoms with van der Waals surface area (Å²) in [5, 5.41) is 2.24. The number of nitrogens with two attached hydrogens (primary N) is 1. The monoisotopic (exact) mass is 265 g/mol. The van der Waals surface area contributed by atoms with Crippen molar-refractivity contribution in [3.05, 3.63) is 22.4 Å². The first-order valence-electron chi connectivity index (χ1n) is 4.55. The summed E-state index contributed by atoms with van der Waals surface area (Å²) < 4.78 is 21.9. The van der Waals surface area contributed by atoms with E-state index in [0.29, 0.717) is 12.3 Å². The smallest absolute Gasteiger partial charge is 0.148 e. The van der Waals surface area contributed by atoms with Crippen LogP contribution in [0.2, 0.25) is 0 Å². The van der Waals surface area contributed by atoms with E-state index in [4.69, 9.17) is 5.73 Å². The van der Waals surface area contributed by atoms with Gasteiger partial charge in [0.15, 0.2) is 0 Å². The molecular formula is C9H15NO2S3. The summed E-state index contributed by atoms with van der Waals surface area (Å²) in [4.78, 5) is 1.22. The van der Waals surface area contributed by atoms with Crippen LogP contribution in [0.3, 0.4) is 0 Å². The number of hydrogen-bond donors (Lipinski definition) is 1. The second-order valence-corrected chi connectivity index (χ2v) is 7.79. The van der Waals surface area contributed by atoms with Crippen molar-refractivity contribution in [2.75, 3.05) is 24.3 Å². The Morgan fingerprint density at radius 2 is 2.33 bits per heavy atom. The summed E-state index contributed by atoms with van der Waals surface area (Å²) in [6.45, 7) is 0.551. The van der Waals surface area contributed by atoms with E-state index >= 15 is 0 Å². The zero-order valence-corrected chi connectivity index (χ0v) is 11.0. The molecule has 0 radical (unpaired) electrons.